The largest absolute Gasteiger partial charge is 0.489 e. The lowest BCUT2D eigenvalue weighted by Crippen LogP contribution is -2.69. The van der Waals surface area contributed by atoms with Crippen LogP contribution in [0.1, 0.15) is 79.3 Å². The second-order valence-electron chi connectivity index (χ2n) is 15.1. The zero-order valence-corrected chi connectivity index (χ0v) is 32.7. The van der Waals surface area contributed by atoms with Crippen molar-refractivity contribution >= 4 is 11.6 Å². The molecule has 6 atom stereocenters. The molecule has 0 unspecified atom stereocenters. The van der Waals surface area contributed by atoms with E-state index in [0.717, 1.165) is 36.8 Å². The number of allylic oxidation sites excluding steroid dienone is 1. The molecule has 1 saturated carbocycles. The number of rotatable bonds is 18. The number of carbonyl (C=O) groups excluding carboxylic acids is 1. The van der Waals surface area contributed by atoms with Gasteiger partial charge in [0.2, 0.25) is 12.6 Å². The molecule has 0 saturated heterocycles. The lowest BCUT2D eigenvalue weighted by atomic mass is 9.55. The summed E-state index contributed by atoms with van der Waals surface area (Å²) in [5.41, 5.74) is 3.42. The number of aliphatic hydroxyl groups excluding tert-OH is 2. The molecule has 2 aliphatic heterocycles. The topological polar surface area (TPSA) is 129 Å². The van der Waals surface area contributed by atoms with Gasteiger partial charge in [-0.25, -0.2) is 4.39 Å². The van der Waals surface area contributed by atoms with Gasteiger partial charge in [0, 0.05) is 49.3 Å². The molecule has 1 amide bonds. The summed E-state index contributed by atoms with van der Waals surface area (Å²) >= 11 is 0. The lowest BCUT2D eigenvalue weighted by molar-refractivity contribution is -0.252. The summed E-state index contributed by atoms with van der Waals surface area (Å²) in [6.45, 7) is 6.68. The van der Waals surface area contributed by atoms with Crippen LogP contribution in [-0.2, 0) is 16.2 Å². The van der Waals surface area contributed by atoms with E-state index in [2.05, 4.69) is 12.7 Å². The van der Waals surface area contributed by atoms with Crippen molar-refractivity contribution in [1.82, 2.24) is 4.90 Å². The number of benzene rings is 3. The predicted octanol–water partition coefficient (Wildman–Crippen LogP) is 7.56. The highest BCUT2D eigenvalue weighted by Gasteiger charge is 2.65. The number of fused-ring (bicyclic) bond motifs is 3. The van der Waals surface area contributed by atoms with Gasteiger partial charge >= 0.3 is 0 Å². The number of likely N-dealkylation sites (N-methyl/N-ethyl adjacent to an activating group) is 1. The maximum atomic E-state index is 14.7. The van der Waals surface area contributed by atoms with Gasteiger partial charge in [-0.1, -0.05) is 48.3 Å². The summed E-state index contributed by atoms with van der Waals surface area (Å²) in [6.07, 6.45) is 8.80. The quantitative estimate of drug-likeness (QED) is 0.0763. The van der Waals surface area contributed by atoms with Gasteiger partial charge in [-0.2, -0.15) is 0 Å². The van der Waals surface area contributed by atoms with Crippen LogP contribution in [0.15, 0.2) is 90.1 Å². The first-order valence-electron chi connectivity index (χ1n) is 20.1. The first kappa shape index (κ1) is 40.3. The number of amides is 1. The fraction of sp³-hybridized carbons (Fsp3) is 0.467. The Morgan fingerprint density at radius 1 is 1.02 bits per heavy atom. The molecule has 0 aromatic heterocycles. The molecule has 2 aliphatic carbocycles. The van der Waals surface area contributed by atoms with E-state index in [1.54, 1.807) is 54.4 Å². The van der Waals surface area contributed by atoms with Crippen LogP contribution in [0.5, 0.6) is 23.0 Å². The average molecular weight is 785 g/mol. The third-order valence-corrected chi connectivity index (χ3v) is 11.7. The second kappa shape index (κ2) is 18.1. The Morgan fingerprint density at radius 2 is 1.79 bits per heavy atom. The molecule has 3 aromatic carbocycles. The van der Waals surface area contributed by atoms with Crippen LogP contribution in [0.4, 0.5) is 4.39 Å². The van der Waals surface area contributed by atoms with Gasteiger partial charge < -0.3 is 43.6 Å². The van der Waals surface area contributed by atoms with Crippen LogP contribution >= 0.6 is 0 Å². The number of nitrogens with zero attached hydrogens (tertiary/aromatic N) is 2. The molecule has 4 aliphatic rings. The number of aliphatic hydroxyl groups is 2. The van der Waals surface area contributed by atoms with Crippen molar-refractivity contribution in [3.63, 3.8) is 0 Å². The van der Waals surface area contributed by atoms with Crippen molar-refractivity contribution in [1.29, 1.82) is 0 Å². The van der Waals surface area contributed by atoms with Crippen molar-refractivity contribution in [2.75, 3.05) is 40.3 Å². The SMILES string of the molecule is C=CCO[C@@]12Oc3ccc(OCc4ccccc4F)cc3[C@H]3[C@H](CCCCO)[C@@H](CCCCO)C=C(C(=NOCC)C[C@@H]1N(C)C(=O)c1ccc4c(c1)OCO4)[C@H]32. The normalized spacial score (nSPS) is 24.8. The number of unbranched alkanes of at least 4 members (excludes halogenated alkanes) is 2. The molecule has 3 aromatic rings. The van der Waals surface area contributed by atoms with Crippen molar-refractivity contribution in [3.8, 4) is 23.0 Å². The maximum Gasteiger partial charge on any atom is 0.254 e. The highest BCUT2D eigenvalue weighted by Crippen LogP contribution is 2.62. The van der Waals surface area contributed by atoms with Crippen molar-refractivity contribution in [3.05, 3.63) is 107 Å². The lowest BCUT2D eigenvalue weighted by Gasteiger charge is -2.59. The third-order valence-electron chi connectivity index (χ3n) is 11.7. The number of halogens is 1. The van der Waals surface area contributed by atoms with Gasteiger partial charge in [-0.15, -0.1) is 6.58 Å². The van der Waals surface area contributed by atoms with E-state index in [1.807, 2.05) is 25.1 Å². The minimum absolute atomic E-state index is 0.0433. The van der Waals surface area contributed by atoms with Crippen molar-refractivity contribution < 1.29 is 47.9 Å². The van der Waals surface area contributed by atoms with Gasteiger partial charge in [-0.05, 0) is 92.5 Å². The Kier molecular flexibility index (Phi) is 12.8. The molecule has 0 spiro atoms. The van der Waals surface area contributed by atoms with Crippen LogP contribution in [0, 0.1) is 23.6 Å². The molecule has 0 bridgehead atoms. The van der Waals surface area contributed by atoms with Gasteiger partial charge in [0.25, 0.3) is 5.91 Å². The van der Waals surface area contributed by atoms with Crippen LogP contribution in [0.2, 0.25) is 0 Å². The summed E-state index contributed by atoms with van der Waals surface area (Å²) in [7, 11) is 1.76. The first-order chi connectivity index (χ1) is 27.8. The van der Waals surface area contributed by atoms with Gasteiger partial charge in [0.1, 0.15) is 36.6 Å². The van der Waals surface area contributed by atoms with E-state index in [1.165, 1.54) is 6.07 Å². The highest BCUT2D eigenvalue weighted by atomic mass is 19.1. The molecule has 1 fully saturated rings. The molecule has 2 N–H and O–H groups in total. The molecule has 2 heterocycles. The number of hydrogen-bond acceptors (Lipinski definition) is 10. The van der Waals surface area contributed by atoms with E-state index in [0.29, 0.717) is 59.3 Å². The number of oxime groups is 1. The molecule has 0 radical (unpaired) electrons. The average Bonchev–Trinajstić information content (AvgIpc) is 3.71. The molecule has 304 valence electrons. The van der Waals surface area contributed by atoms with E-state index < -0.39 is 17.7 Å². The van der Waals surface area contributed by atoms with Crippen molar-refractivity contribution in [2.45, 2.75) is 76.2 Å². The number of carbonyl (C=O) groups is 1. The summed E-state index contributed by atoms with van der Waals surface area (Å²) in [5, 5.41) is 24.4. The van der Waals surface area contributed by atoms with Gasteiger partial charge in [0.15, 0.2) is 11.5 Å². The van der Waals surface area contributed by atoms with Crippen LogP contribution < -0.4 is 18.9 Å². The van der Waals surface area contributed by atoms with Gasteiger partial charge in [0.05, 0.1) is 18.2 Å². The van der Waals surface area contributed by atoms with E-state index in [-0.39, 0.29) is 69.1 Å². The third kappa shape index (κ3) is 8.13. The monoisotopic (exact) mass is 784 g/mol. The Balaban J connectivity index is 1.39. The minimum Gasteiger partial charge on any atom is -0.489 e. The number of hydrogen-bond donors (Lipinski definition) is 2. The fourth-order valence-corrected chi connectivity index (χ4v) is 9.11. The Bertz CT molecular complexity index is 1970. The minimum atomic E-state index is -1.40. The first-order valence-corrected chi connectivity index (χ1v) is 20.1. The van der Waals surface area contributed by atoms with E-state index >= 15 is 0 Å². The van der Waals surface area contributed by atoms with Crippen molar-refractivity contribution in [2.24, 2.45) is 22.9 Å². The molecule has 7 rings (SSSR count). The highest BCUT2D eigenvalue weighted by molar-refractivity contribution is 6.03. The van der Waals surface area contributed by atoms with E-state index in [4.69, 9.17) is 33.7 Å². The standard InChI is InChI=1S/C45H53FN2O9/c1-4-22-55-45-41(48(3)44(51)30-16-18-39-40(24-30)54-28-53-39)26-37(47-56-5-2)34-23-29(12-8-10-20-49)33(14-9-11-21-50)42(43(34)45)35-25-32(17-19-38(35)57-45)52-27-31-13-6-7-15-36(31)46/h4,6-7,13,15-19,23-25,29,33,41-43,49-50H,1,5,8-12,14,20-22,26-28H2,2-3H3/t29-,33+,41-,42+,43+,45+/m0/s1. The summed E-state index contributed by atoms with van der Waals surface area (Å²) in [5.74, 6) is -0.332. The molecule has 12 heteroatoms. The zero-order chi connectivity index (χ0) is 39.9. The summed E-state index contributed by atoms with van der Waals surface area (Å²) in [6, 6.07) is 16.7. The number of ether oxygens (including phenoxy) is 5. The molecular weight excluding hydrogens is 731 g/mol. The smallest absolute Gasteiger partial charge is 0.254 e. The fourth-order valence-electron chi connectivity index (χ4n) is 9.11. The Labute approximate surface area is 333 Å². The maximum absolute atomic E-state index is 14.7. The van der Waals surface area contributed by atoms with E-state index in [9.17, 15) is 19.4 Å². The van der Waals surface area contributed by atoms with Crippen LogP contribution in [0.25, 0.3) is 0 Å². The van der Waals surface area contributed by atoms with Gasteiger partial charge in [-0.3, -0.25) is 4.79 Å². The molecule has 57 heavy (non-hydrogen) atoms. The Morgan fingerprint density at radius 3 is 2.56 bits per heavy atom. The second-order valence-corrected chi connectivity index (χ2v) is 15.1. The Hall–Kier alpha value is -4.91. The summed E-state index contributed by atoms with van der Waals surface area (Å²) < 4.78 is 46.2. The zero-order valence-electron chi connectivity index (χ0n) is 32.7. The molecular formula is C45H53FN2O9. The predicted molar refractivity (Wildman–Crippen MR) is 212 cm³/mol. The molecule has 11 nitrogen and oxygen atoms in total. The van der Waals surface area contributed by atoms with Crippen LogP contribution in [0.3, 0.4) is 0 Å². The van der Waals surface area contributed by atoms with Crippen LogP contribution in [-0.4, -0.2) is 78.8 Å². The summed E-state index contributed by atoms with van der Waals surface area (Å²) in [4.78, 5) is 22.0.